The Morgan fingerprint density at radius 1 is 1.43 bits per heavy atom. The lowest BCUT2D eigenvalue weighted by atomic mass is 10.2. The van der Waals surface area contributed by atoms with Gasteiger partial charge in [0.25, 0.3) is 0 Å². The van der Waals surface area contributed by atoms with Crippen LogP contribution in [0.3, 0.4) is 0 Å². The summed E-state index contributed by atoms with van der Waals surface area (Å²) in [6.45, 7) is 5.01. The van der Waals surface area contributed by atoms with Crippen molar-refractivity contribution in [2.24, 2.45) is 0 Å². The summed E-state index contributed by atoms with van der Waals surface area (Å²) in [7, 11) is 0. The van der Waals surface area contributed by atoms with Crippen molar-refractivity contribution in [1.82, 2.24) is 9.88 Å². The lowest BCUT2D eigenvalue weighted by molar-refractivity contribution is 0.0675. The van der Waals surface area contributed by atoms with Gasteiger partial charge < -0.3 is 4.74 Å². The first-order valence-corrected chi connectivity index (χ1v) is 8.91. The standard InChI is InChI=1S/C18H22N2O2S/c1-14(21)18-9-15(13-23-18)10-20(12-17-6-4-8-22-17)11-16-5-2-3-7-19-16/h2-3,5,7,9,13,17H,4,6,8,10-12H2,1H3/t17-/m0/s1. The minimum atomic E-state index is 0.136. The number of Topliss-reactive ketones (excluding diaryl/α,β-unsaturated/α-hetero) is 1. The molecule has 23 heavy (non-hydrogen) atoms. The molecule has 122 valence electrons. The number of ketones is 1. The van der Waals surface area contributed by atoms with Gasteiger partial charge in [0.15, 0.2) is 5.78 Å². The van der Waals surface area contributed by atoms with Gasteiger partial charge in [0.05, 0.1) is 16.7 Å². The van der Waals surface area contributed by atoms with E-state index in [4.69, 9.17) is 4.74 Å². The van der Waals surface area contributed by atoms with Crippen molar-refractivity contribution in [3.05, 3.63) is 52.0 Å². The maximum Gasteiger partial charge on any atom is 0.169 e. The Bertz CT molecular complexity index is 635. The zero-order valence-corrected chi connectivity index (χ0v) is 14.2. The summed E-state index contributed by atoms with van der Waals surface area (Å²) in [6, 6.07) is 8.02. The second-order valence-corrected chi connectivity index (χ2v) is 6.91. The molecule has 3 rings (SSSR count). The summed E-state index contributed by atoms with van der Waals surface area (Å²) >= 11 is 1.53. The average Bonchev–Trinajstić information content (AvgIpc) is 3.20. The molecule has 0 aliphatic carbocycles. The average molecular weight is 330 g/mol. The highest BCUT2D eigenvalue weighted by Gasteiger charge is 2.20. The van der Waals surface area contributed by atoms with E-state index in [1.54, 1.807) is 6.92 Å². The van der Waals surface area contributed by atoms with Crippen LogP contribution in [-0.2, 0) is 17.8 Å². The Morgan fingerprint density at radius 3 is 3.00 bits per heavy atom. The Labute approximate surface area is 141 Å². The predicted molar refractivity (Wildman–Crippen MR) is 91.6 cm³/mol. The van der Waals surface area contributed by atoms with E-state index < -0.39 is 0 Å². The number of pyridine rings is 1. The van der Waals surface area contributed by atoms with Crippen LogP contribution in [0.5, 0.6) is 0 Å². The number of aromatic nitrogens is 1. The highest BCUT2D eigenvalue weighted by molar-refractivity contribution is 7.12. The highest BCUT2D eigenvalue weighted by Crippen LogP contribution is 2.20. The number of thiophene rings is 1. The Balaban J connectivity index is 1.69. The fourth-order valence-electron chi connectivity index (χ4n) is 2.88. The molecule has 1 fully saturated rings. The number of ether oxygens (including phenoxy) is 1. The summed E-state index contributed by atoms with van der Waals surface area (Å²) in [5, 5.41) is 2.08. The zero-order valence-electron chi connectivity index (χ0n) is 13.4. The van der Waals surface area contributed by atoms with Crippen molar-refractivity contribution in [1.29, 1.82) is 0 Å². The summed E-state index contributed by atoms with van der Waals surface area (Å²) in [6.07, 6.45) is 4.42. The predicted octanol–water partition coefficient (Wildman–Crippen LogP) is 3.53. The van der Waals surface area contributed by atoms with Crippen LogP contribution in [-0.4, -0.2) is 34.9 Å². The van der Waals surface area contributed by atoms with E-state index in [9.17, 15) is 4.79 Å². The van der Waals surface area contributed by atoms with Crippen LogP contribution in [0, 0.1) is 0 Å². The van der Waals surface area contributed by atoms with E-state index in [1.807, 2.05) is 24.4 Å². The quantitative estimate of drug-likeness (QED) is 0.729. The van der Waals surface area contributed by atoms with Crippen LogP contribution in [0.15, 0.2) is 35.8 Å². The van der Waals surface area contributed by atoms with E-state index in [0.717, 1.165) is 49.7 Å². The van der Waals surface area contributed by atoms with Gasteiger partial charge in [-0.2, -0.15) is 0 Å². The summed E-state index contributed by atoms with van der Waals surface area (Å²) in [4.78, 5) is 19.1. The topological polar surface area (TPSA) is 42.4 Å². The molecule has 0 amide bonds. The maximum absolute atomic E-state index is 11.5. The number of rotatable bonds is 7. The zero-order chi connectivity index (χ0) is 16.1. The molecular weight excluding hydrogens is 308 g/mol. The molecule has 1 atom stereocenters. The van der Waals surface area contributed by atoms with Gasteiger partial charge in [-0.3, -0.25) is 14.7 Å². The van der Waals surface area contributed by atoms with E-state index in [2.05, 4.69) is 21.3 Å². The van der Waals surface area contributed by atoms with Crippen LogP contribution in [0.4, 0.5) is 0 Å². The summed E-state index contributed by atoms with van der Waals surface area (Å²) in [5.41, 5.74) is 2.25. The van der Waals surface area contributed by atoms with E-state index in [0.29, 0.717) is 6.10 Å². The normalized spacial score (nSPS) is 17.7. The van der Waals surface area contributed by atoms with Crippen molar-refractivity contribution in [2.75, 3.05) is 13.2 Å². The molecule has 0 radical (unpaired) electrons. The lowest BCUT2D eigenvalue weighted by Crippen LogP contribution is -2.31. The molecule has 3 heterocycles. The summed E-state index contributed by atoms with van der Waals surface area (Å²) < 4.78 is 5.79. The molecule has 1 aliphatic heterocycles. The first-order valence-electron chi connectivity index (χ1n) is 8.03. The van der Waals surface area contributed by atoms with Crippen molar-refractivity contribution in [2.45, 2.75) is 39.0 Å². The SMILES string of the molecule is CC(=O)c1cc(CN(Cc2ccccn2)C[C@@H]2CCCO2)cs1. The molecule has 0 N–H and O–H groups in total. The van der Waals surface area contributed by atoms with Gasteiger partial charge in [-0.1, -0.05) is 6.07 Å². The molecule has 0 bridgehead atoms. The molecule has 4 nitrogen and oxygen atoms in total. The largest absolute Gasteiger partial charge is 0.377 e. The smallest absolute Gasteiger partial charge is 0.169 e. The highest BCUT2D eigenvalue weighted by atomic mass is 32.1. The van der Waals surface area contributed by atoms with Gasteiger partial charge in [0.2, 0.25) is 0 Å². The van der Waals surface area contributed by atoms with Crippen molar-refractivity contribution >= 4 is 17.1 Å². The second kappa shape index (κ2) is 7.81. The molecule has 1 saturated heterocycles. The number of hydrogen-bond acceptors (Lipinski definition) is 5. The lowest BCUT2D eigenvalue weighted by Gasteiger charge is -2.24. The maximum atomic E-state index is 11.5. The molecule has 2 aromatic rings. The van der Waals surface area contributed by atoms with E-state index in [-0.39, 0.29) is 5.78 Å². The first-order chi connectivity index (χ1) is 11.2. The number of carbonyl (C=O) groups excluding carboxylic acids is 1. The fraction of sp³-hybridized carbons (Fsp3) is 0.444. The molecule has 0 saturated carbocycles. The number of hydrogen-bond donors (Lipinski definition) is 0. The second-order valence-electron chi connectivity index (χ2n) is 6.00. The molecule has 0 spiro atoms. The van der Waals surface area contributed by atoms with Crippen LogP contribution >= 0.6 is 11.3 Å². The van der Waals surface area contributed by atoms with Gasteiger partial charge in [-0.05, 0) is 48.9 Å². The van der Waals surface area contributed by atoms with Gasteiger partial charge in [0, 0.05) is 32.4 Å². The van der Waals surface area contributed by atoms with Crippen LogP contribution < -0.4 is 0 Å². The Hall–Kier alpha value is -1.56. The molecule has 1 aliphatic rings. The number of nitrogens with zero attached hydrogens (tertiary/aromatic N) is 2. The van der Waals surface area contributed by atoms with Gasteiger partial charge in [0.1, 0.15) is 0 Å². The fourth-order valence-corrected chi connectivity index (χ4v) is 3.69. The molecule has 0 unspecified atom stereocenters. The van der Waals surface area contributed by atoms with E-state index >= 15 is 0 Å². The molecule has 0 aromatic carbocycles. The number of carbonyl (C=O) groups is 1. The van der Waals surface area contributed by atoms with Crippen molar-refractivity contribution in [3.63, 3.8) is 0 Å². The van der Waals surface area contributed by atoms with Crippen LogP contribution in [0.1, 0.15) is 40.7 Å². The van der Waals surface area contributed by atoms with Crippen LogP contribution in [0.2, 0.25) is 0 Å². The van der Waals surface area contributed by atoms with Crippen molar-refractivity contribution in [3.8, 4) is 0 Å². The van der Waals surface area contributed by atoms with Crippen LogP contribution in [0.25, 0.3) is 0 Å². The van der Waals surface area contributed by atoms with Gasteiger partial charge in [-0.15, -0.1) is 11.3 Å². The molecule has 5 heteroatoms. The van der Waals surface area contributed by atoms with Gasteiger partial charge in [-0.25, -0.2) is 0 Å². The monoisotopic (exact) mass is 330 g/mol. The minimum Gasteiger partial charge on any atom is -0.377 e. The van der Waals surface area contributed by atoms with Gasteiger partial charge >= 0.3 is 0 Å². The summed E-state index contributed by atoms with van der Waals surface area (Å²) in [5.74, 6) is 0.136. The molecule has 2 aromatic heterocycles. The third-order valence-electron chi connectivity index (χ3n) is 4.00. The van der Waals surface area contributed by atoms with Crippen molar-refractivity contribution < 1.29 is 9.53 Å². The minimum absolute atomic E-state index is 0.136. The third-order valence-corrected chi connectivity index (χ3v) is 5.08. The van der Waals surface area contributed by atoms with E-state index in [1.165, 1.54) is 16.9 Å². The first kappa shape index (κ1) is 16.3. The Morgan fingerprint density at radius 2 is 2.35 bits per heavy atom. The third kappa shape index (κ3) is 4.70. The molecular formula is C18H22N2O2S. The Kier molecular flexibility index (Phi) is 5.54.